The molecule has 1 N–H and O–H groups in total. The van der Waals surface area contributed by atoms with Gasteiger partial charge in [0.05, 0.1) is 11.9 Å². The molecule has 0 aliphatic carbocycles. The number of halogens is 2. The van der Waals surface area contributed by atoms with Gasteiger partial charge in [0, 0.05) is 25.6 Å². The number of carbonyl (C=O) groups excluding carboxylic acids is 2. The predicted octanol–water partition coefficient (Wildman–Crippen LogP) is 4.60. The standard InChI is InChI=1S/C30H35F2N3O4S/c1-4-5-17-33-30(37)28(18-23-9-7-6-8-10-23)34(20-24-13-11-22(2)12-14-24)29(36)21-35(40(3,38)39)25-15-16-26(31)27(32)19-25/h6-16,19,28H,4-5,17-18,20-21H2,1-3H3,(H,33,37)/t28-/m0/s1. The fourth-order valence-electron chi connectivity index (χ4n) is 4.20. The molecule has 0 heterocycles. The van der Waals surface area contributed by atoms with Crippen LogP contribution < -0.4 is 9.62 Å². The van der Waals surface area contributed by atoms with Crippen molar-refractivity contribution in [3.8, 4) is 0 Å². The number of amides is 2. The van der Waals surface area contributed by atoms with Gasteiger partial charge < -0.3 is 10.2 Å². The van der Waals surface area contributed by atoms with Crippen molar-refractivity contribution in [2.24, 2.45) is 0 Å². The maximum absolute atomic E-state index is 14.0. The molecule has 3 aromatic rings. The highest BCUT2D eigenvalue weighted by Crippen LogP contribution is 2.22. The van der Waals surface area contributed by atoms with Crippen molar-refractivity contribution in [2.45, 2.75) is 45.7 Å². The SMILES string of the molecule is CCCCNC(=O)[C@H](Cc1ccccc1)N(Cc1ccc(C)cc1)C(=O)CN(c1ccc(F)c(F)c1)S(C)(=O)=O. The van der Waals surface area contributed by atoms with Crippen LogP contribution in [0.5, 0.6) is 0 Å². The van der Waals surface area contributed by atoms with E-state index in [0.29, 0.717) is 10.8 Å². The van der Waals surface area contributed by atoms with Gasteiger partial charge in [0.2, 0.25) is 21.8 Å². The largest absolute Gasteiger partial charge is 0.354 e. The van der Waals surface area contributed by atoms with Crippen molar-refractivity contribution < 1.29 is 26.8 Å². The van der Waals surface area contributed by atoms with Crippen LogP contribution >= 0.6 is 0 Å². The Hall–Kier alpha value is -3.79. The Morgan fingerprint density at radius 2 is 1.60 bits per heavy atom. The summed E-state index contributed by atoms with van der Waals surface area (Å²) in [5.41, 5.74) is 2.39. The van der Waals surface area contributed by atoms with E-state index in [1.54, 1.807) is 0 Å². The summed E-state index contributed by atoms with van der Waals surface area (Å²) in [5.74, 6) is -3.41. The van der Waals surface area contributed by atoms with Gasteiger partial charge in [0.25, 0.3) is 0 Å². The number of anilines is 1. The fraction of sp³-hybridized carbons (Fsp3) is 0.333. The first-order chi connectivity index (χ1) is 19.0. The van der Waals surface area contributed by atoms with Gasteiger partial charge in [-0.25, -0.2) is 17.2 Å². The van der Waals surface area contributed by atoms with Crippen LogP contribution in [-0.4, -0.2) is 50.5 Å². The van der Waals surface area contributed by atoms with Gasteiger partial charge in [-0.2, -0.15) is 0 Å². The number of hydrogen-bond acceptors (Lipinski definition) is 4. The number of carbonyl (C=O) groups is 2. The average Bonchev–Trinajstić information content (AvgIpc) is 2.92. The second kappa shape index (κ2) is 14.0. The van der Waals surface area contributed by atoms with E-state index in [0.717, 1.165) is 54.0 Å². The molecule has 0 aliphatic rings. The Kier molecular flexibility index (Phi) is 10.8. The Balaban J connectivity index is 2.03. The normalized spacial score (nSPS) is 12.0. The van der Waals surface area contributed by atoms with Gasteiger partial charge >= 0.3 is 0 Å². The molecular weight excluding hydrogens is 536 g/mol. The second-order valence-corrected chi connectivity index (χ2v) is 11.6. The minimum absolute atomic E-state index is 0.0349. The quantitative estimate of drug-likeness (QED) is 0.304. The number of sulfonamides is 1. The van der Waals surface area contributed by atoms with Gasteiger partial charge in [-0.1, -0.05) is 73.5 Å². The van der Waals surface area contributed by atoms with E-state index >= 15 is 0 Å². The van der Waals surface area contributed by atoms with Crippen LogP contribution in [0.15, 0.2) is 72.8 Å². The lowest BCUT2D eigenvalue weighted by Crippen LogP contribution is -2.53. The van der Waals surface area contributed by atoms with Crippen LogP contribution in [0.25, 0.3) is 0 Å². The van der Waals surface area contributed by atoms with Gasteiger partial charge in [-0.3, -0.25) is 13.9 Å². The molecule has 0 saturated carbocycles. The molecule has 7 nitrogen and oxygen atoms in total. The lowest BCUT2D eigenvalue weighted by atomic mass is 10.0. The summed E-state index contributed by atoms with van der Waals surface area (Å²) in [6.45, 7) is 3.69. The Morgan fingerprint density at radius 1 is 0.925 bits per heavy atom. The Morgan fingerprint density at radius 3 is 2.20 bits per heavy atom. The molecule has 0 aliphatic heterocycles. The van der Waals surface area contributed by atoms with E-state index in [9.17, 15) is 26.8 Å². The van der Waals surface area contributed by atoms with E-state index < -0.39 is 40.2 Å². The molecule has 0 bridgehead atoms. The van der Waals surface area contributed by atoms with Crippen molar-refractivity contribution in [2.75, 3.05) is 23.7 Å². The van der Waals surface area contributed by atoms with Gasteiger partial charge in [-0.15, -0.1) is 0 Å². The summed E-state index contributed by atoms with van der Waals surface area (Å²) >= 11 is 0. The highest BCUT2D eigenvalue weighted by molar-refractivity contribution is 7.92. The van der Waals surface area contributed by atoms with Gasteiger partial charge in [0.1, 0.15) is 12.6 Å². The third-order valence-electron chi connectivity index (χ3n) is 6.44. The van der Waals surface area contributed by atoms with E-state index in [2.05, 4.69) is 5.32 Å². The number of benzene rings is 3. The van der Waals surface area contributed by atoms with Crippen LogP contribution in [0.3, 0.4) is 0 Å². The number of unbranched alkanes of at least 4 members (excludes halogenated alkanes) is 1. The van der Waals surface area contributed by atoms with E-state index in [-0.39, 0.29) is 24.6 Å². The molecule has 0 saturated heterocycles. The molecular formula is C30H35F2N3O4S. The Bertz CT molecular complexity index is 1400. The third-order valence-corrected chi connectivity index (χ3v) is 7.59. The van der Waals surface area contributed by atoms with Gasteiger partial charge in [-0.05, 0) is 36.6 Å². The molecule has 214 valence electrons. The van der Waals surface area contributed by atoms with Gasteiger partial charge in [0.15, 0.2) is 11.6 Å². The number of rotatable bonds is 13. The van der Waals surface area contributed by atoms with E-state index in [4.69, 9.17) is 0 Å². The van der Waals surface area contributed by atoms with Crippen molar-refractivity contribution in [1.29, 1.82) is 0 Å². The third kappa shape index (κ3) is 8.61. The van der Waals surface area contributed by atoms with Crippen molar-refractivity contribution in [3.05, 3.63) is 101 Å². The zero-order valence-corrected chi connectivity index (χ0v) is 23.8. The molecule has 0 unspecified atom stereocenters. The topological polar surface area (TPSA) is 86.8 Å². The maximum Gasteiger partial charge on any atom is 0.244 e. The Labute approximate surface area is 234 Å². The highest BCUT2D eigenvalue weighted by atomic mass is 32.2. The summed E-state index contributed by atoms with van der Waals surface area (Å²) in [6.07, 6.45) is 2.70. The molecule has 0 radical (unpaired) electrons. The predicted molar refractivity (Wildman–Crippen MR) is 152 cm³/mol. The summed E-state index contributed by atoms with van der Waals surface area (Å²) in [5, 5.41) is 2.91. The molecule has 0 spiro atoms. The summed E-state index contributed by atoms with van der Waals surface area (Å²) < 4.78 is 53.7. The fourth-order valence-corrected chi connectivity index (χ4v) is 5.05. The van der Waals surface area contributed by atoms with Crippen molar-refractivity contribution in [3.63, 3.8) is 0 Å². The zero-order chi connectivity index (χ0) is 29.3. The summed E-state index contributed by atoms with van der Waals surface area (Å²) in [6, 6.07) is 18.3. The number of nitrogens with zero attached hydrogens (tertiary/aromatic N) is 2. The minimum atomic E-state index is -4.08. The van der Waals surface area contributed by atoms with Crippen LogP contribution in [0, 0.1) is 18.6 Å². The van der Waals surface area contributed by atoms with E-state index in [1.807, 2.05) is 68.4 Å². The molecule has 40 heavy (non-hydrogen) atoms. The summed E-state index contributed by atoms with van der Waals surface area (Å²) in [4.78, 5) is 28.8. The molecule has 10 heteroatoms. The lowest BCUT2D eigenvalue weighted by molar-refractivity contribution is -0.140. The second-order valence-electron chi connectivity index (χ2n) is 9.73. The molecule has 3 aromatic carbocycles. The van der Waals surface area contributed by atoms with Crippen LogP contribution in [0.4, 0.5) is 14.5 Å². The van der Waals surface area contributed by atoms with Crippen molar-refractivity contribution >= 4 is 27.5 Å². The van der Waals surface area contributed by atoms with E-state index in [1.165, 1.54) is 4.90 Å². The molecule has 3 rings (SSSR count). The molecule has 1 atom stereocenters. The highest BCUT2D eigenvalue weighted by Gasteiger charge is 2.33. The minimum Gasteiger partial charge on any atom is -0.354 e. The first-order valence-corrected chi connectivity index (χ1v) is 14.9. The lowest BCUT2D eigenvalue weighted by Gasteiger charge is -2.33. The van der Waals surface area contributed by atoms with Crippen LogP contribution in [0.2, 0.25) is 0 Å². The van der Waals surface area contributed by atoms with Crippen molar-refractivity contribution in [1.82, 2.24) is 10.2 Å². The molecule has 0 aromatic heterocycles. The molecule has 2 amide bonds. The number of aryl methyl sites for hydroxylation is 1. The summed E-state index contributed by atoms with van der Waals surface area (Å²) in [7, 11) is -4.08. The first-order valence-electron chi connectivity index (χ1n) is 13.1. The number of nitrogens with one attached hydrogen (secondary N) is 1. The number of hydrogen-bond donors (Lipinski definition) is 1. The van der Waals surface area contributed by atoms with Crippen LogP contribution in [-0.2, 0) is 32.6 Å². The average molecular weight is 572 g/mol. The monoisotopic (exact) mass is 571 g/mol. The maximum atomic E-state index is 14.0. The smallest absolute Gasteiger partial charge is 0.244 e. The first kappa shape index (κ1) is 30.7. The molecule has 0 fully saturated rings. The van der Waals surface area contributed by atoms with Crippen LogP contribution in [0.1, 0.15) is 36.5 Å². The zero-order valence-electron chi connectivity index (χ0n) is 22.9.